The van der Waals surface area contributed by atoms with Gasteiger partial charge in [-0.3, -0.25) is 5.43 Å². The molecule has 0 aromatic heterocycles. The summed E-state index contributed by atoms with van der Waals surface area (Å²) in [5.41, 5.74) is 6.10. The van der Waals surface area contributed by atoms with E-state index in [9.17, 15) is 0 Å². The van der Waals surface area contributed by atoms with E-state index >= 15 is 0 Å². The second-order valence-corrected chi connectivity index (χ2v) is 5.69. The van der Waals surface area contributed by atoms with Gasteiger partial charge in [-0.15, -0.1) is 0 Å². The van der Waals surface area contributed by atoms with Crippen LogP contribution in [0.4, 0.5) is 0 Å². The summed E-state index contributed by atoms with van der Waals surface area (Å²) in [6, 6.07) is 7.56. The van der Waals surface area contributed by atoms with E-state index in [1.807, 2.05) is 0 Å². The summed E-state index contributed by atoms with van der Waals surface area (Å²) in [7, 11) is 1.74. The Labute approximate surface area is 116 Å². The van der Waals surface area contributed by atoms with Gasteiger partial charge in [0.05, 0.1) is 7.11 Å². The molecule has 3 heteroatoms. The van der Waals surface area contributed by atoms with Crippen molar-refractivity contribution in [1.82, 2.24) is 10.4 Å². The highest BCUT2D eigenvalue weighted by Gasteiger charge is 2.24. The molecule has 1 aromatic rings. The van der Waals surface area contributed by atoms with Gasteiger partial charge in [0.25, 0.3) is 0 Å². The third-order valence-electron chi connectivity index (χ3n) is 4.08. The van der Waals surface area contributed by atoms with Crippen molar-refractivity contribution in [2.24, 2.45) is 0 Å². The van der Waals surface area contributed by atoms with Gasteiger partial charge in [0.2, 0.25) is 0 Å². The van der Waals surface area contributed by atoms with Crippen LogP contribution in [0.5, 0.6) is 5.75 Å². The van der Waals surface area contributed by atoms with Crippen molar-refractivity contribution < 1.29 is 4.74 Å². The Morgan fingerprint density at radius 1 is 1.26 bits per heavy atom. The first-order valence-corrected chi connectivity index (χ1v) is 7.27. The van der Waals surface area contributed by atoms with Crippen LogP contribution in [0.3, 0.4) is 0 Å². The fourth-order valence-electron chi connectivity index (χ4n) is 2.95. The van der Waals surface area contributed by atoms with Crippen molar-refractivity contribution in [3.05, 3.63) is 29.3 Å². The maximum atomic E-state index is 5.44. The molecule has 1 saturated heterocycles. The van der Waals surface area contributed by atoms with E-state index in [4.69, 9.17) is 4.74 Å². The lowest BCUT2D eigenvalue weighted by atomic mass is 10.00. The molecule has 0 amide bonds. The molecule has 2 rings (SSSR count). The molecule has 2 atom stereocenters. The molecule has 1 heterocycles. The molecule has 1 fully saturated rings. The summed E-state index contributed by atoms with van der Waals surface area (Å²) >= 11 is 0. The first-order chi connectivity index (χ1) is 9.11. The quantitative estimate of drug-likeness (QED) is 0.901. The fraction of sp³-hybridized carbons (Fsp3) is 0.625. The highest BCUT2D eigenvalue weighted by atomic mass is 16.5. The standard InChI is InChI=1S/C16H26N2O/c1-12-8-9-16(19-4)15(10-12)11-17-18-13(2)6-5-7-14(18)3/h8-10,13-14,17H,5-7,11H2,1-4H3. The smallest absolute Gasteiger partial charge is 0.123 e. The molecule has 1 aromatic carbocycles. The van der Waals surface area contributed by atoms with Gasteiger partial charge in [-0.1, -0.05) is 24.1 Å². The van der Waals surface area contributed by atoms with Gasteiger partial charge < -0.3 is 4.74 Å². The van der Waals surface area contributed by atoms with Crippen LogP contribution in [-0.2, 0) is 6.54 Å². The molecule has 19 heavy (non-hydrogen) atoms. The Morgan fingerprint density at radius 2 is 1.95 bits per heavy atom. The van der Waals surface area contributed by atoms with Gasteiger partial charge in [-0.2, -0.15) is 0 Å². The first kappa shape index (κ1) is 14.4. The Balaban J connectivity index is 2.03. The van der Waals surface area contributed by atoms with Gasteiger partial charge in [0, 0.05) is 24.2 Å². The largest absolute Gasteiger partial charge is 0.496 e. The second kappa shape index (κ2) is 6.40. The Bertz CT molecular complexity index is 409. The molecule has 1 N–H and O–H groups in total. The van der Waals surface area contributed by atoms with E-state index in [0.29, 0.717) is 12.1 Å². The normalized spacial score (nSPS) is 24.4. The van der Waals surface area contributed by atoms with Gasteiger partial charge in [0.15, 0.2) is 0 Å². The number of methoxy groups -OCH3 is 1. The van der Waals surface area contributed by atoms with Crippen molar-refractivity contribution in [2.75, 3.05) is 7.11 Å². The molecular weight excluding hydrogens is 236 g/mol. The monoisotopic (exact) mass is 262 g/mol. The topological polar surface area (TPSA) is 24.5 Å². The summed E-state index contributed by atoms with van der Waals surface area (Å²) < 4.78 is 5.44. The zero-order valence-corrected chi connectivity index (χ0v) is 12.6. The number of nitrogens with zero attached hydrogens (tertiary/aromatic N) is 1. The third-order valence-corrected chi connectivity index (χ3v) is 4.08. The maximum Gasteiger partial charge on any atom is 0.123 e. The summed E-state index contributed by atoms with van der Waals surface area (Å²) in [4.78, 5) is 0. The summed E-state index contributed by atoms with van der Waals surface area (Å²) in [6.45, 7) is 7.56. The molecule has 3 nitrogen and oxygen atoms in total. The molecule has 0 saturated carbocycles. The molecule has 1 aliphatic rings. The van der Waals surface area contributed by atoms with E-state index in [2.05, 4.69) is 49.4 Å². The fourth-order valence-corrected chi connectivity index (χ4v) is 2.95. The van der Waals surface area contributed by atoms with Gasteiger partial charge >= 0.3 is 0 Å². The van der Waals surface area contributed by atoms with Crippen LogP contribution in [-0.4, -0.2) is 24.2 Å². The predicted molar refractivity (Wildman–Crippen MR) is 79.2 cm³/mol. The van der Waals surface area contributed by atoms with Gasteiger partial charge in [-0.05, 0) is 39.7 Å². The van der Waals surface area contributed by atoms with E-state index in [-0.39, 0.29) is 0 Å². The zero-order valence-electron chi connectivity index (χ0n) is 12.6. The average molecular weight is 262 g/mol. The first-order valence-electron chi connectivity index (χ1n) is 7.27. The lowest BCUT2D eigenvalue weighted by Crippen LogP contribution is -2.51. The van der Waals surface area contributed by atoms with Crippen LogP contribution < -0.4 is 10.2 Å². The molecule has 2 unspecified atom stereocenters. The molecule has 0 radical (unpaired) electrons. The molecule has 1 aliphatic heterocycles. The van der Waals surface area contributed by atoms with Crippen molar-refractivity contribution in [1.29, 1.82) is 0 Å². The van der Waals surface area contributed by atoms with E-state index in [0.717, 1.165) is 12.3 Å². The number of ether oxygens (including phenoxy) is 1. The van der Waals surface area contributed by atoms with E-state index in [1.165, 1.54) is 30.4 Å². The third kappa shape index (κ3) is 3.48. The number of piperidine rings is 1. The van der Waals surface area contributed by atoms with Crippen molar-refractivity contribution >= 4 is 0 Å². The average Bonchev–Trinajstić information content (AvgIpc) is 2.38. The summed E-state index contributed by atoms with van der Waals surface area (Å²) in [5, 5.41) is 2.41. The maximum absolute atomic E-state index is 5.44. The molecule has 0 spiro atoms. The number of hydrogen-bond donors (Lipinski definition) is 1. The Morgan fingerprint density at radius 3 is 2.58 bits per heavy atom. The number of rotatable bonds is 4. The minimum Gasteiger partial charge on any atom is -0.496 e. The lowest BCUT2D eigenvalue weighted by Gasteiger charge is -2.39. The van der Waals surface area contributed by atoms with Crippen LogP contribution in [0, 0.1) is 6.92 Å². The minimum atomic E-state index is 0.611. The Kier molecular flexibility index (Phi) is 4.83. The number of hydrogen-bond acceptors (Lipinski definition) is 3. The van der Waals surface area contributed by atoms with Crippen LogP contribution >= 0.6 is 0 Å². The molecule has 106 valence electrons. The van der Waals surface area contributed by atoms with Crippen LogP contribution in [0.25, 0.3) is 0 Å². The minimum absolute atomic E-state index is 0.611. The summed E-state index contributed by atoms with van der Waals surface area (Å²) in [5.74, 6) is 0.968. The second-order valence-electron chi connectivity index (χ2n) is 5.69. The SMILES string of the molecule is COc1ccc(C)cc1CNN1C(C)CCCC1C. The zero-order chi connectivity index (χ0) is 13.8. The van der Waals surface area contributed by atoms with Crippen LogP contribution in [0.15, 0.2) is 18.2 Å². The Hall–Kier alpha value is -1.06. The highest BCUT2D eigenvalue weighted by molar-refractivity contribution is 5.36. The number of hydrazine groups is 1. The number of aryl methyl sites for hydroxylation is 1. The number of nitrogens with one attached hydrogen (secondary N) is 1. The van der Waals surface area contributed by atoms with Gasteiger partial charge in [-0.25, -0.2) is 5.01 Å². The van der Waals surface area contributed by atoms with Crippen LogP contribution in [0.1, 0.15) is 44.2 Å². The lowest BCUT2D eigenvalue weighted by molar-refractivity contribution is 0.0433. The number of benzene rings is 1. The highest BCUT2D eigenvalue weighted by Crippen LogP contribution is 2.23. The van der Waals surface area contributed by atoms with E-state index in [1.54, 1.807) is 7.11 Å². The predicted octanol–water partition coefficient (Wildman–Crippen LogP) is 3.27. The summed E-state index contributed by atoms with van der Waals surface area (Å²) in [6.07, 6.45) is 3.90. The van der Waals surface area contributed by atoms with E-state index < -0.39 is 0 Å². The van der Waals surface area contributed by atoms with Crippen LogP contribution in [0.2, 0.25) is 0 Å². The van der Waals surface area contributed by atoms with Gasteiger partial charge in [0.1, 0.15) is 5.75 Å². The van der Waals surface area contributed by atoms with Crippen molar-refractivity contribution in [3.63, 3.8) is 0 Å². The molecule has 0 bridgehead atoms. The van der Waals surface area contributed by atoms with Crippen molar-refractivity contribution in [2.45, 2.75) is 58.7 Å². The van der Waals surface area contributed by atoms with Crippen molar-refractivity contribution in [3.8, 4) is 5.75 Å². The molecule has 0 aliphatic carbocycles. The molecular formula is C16H26N2O.